The fraction of sp³-hybridized carbons (Fsp3) is 0.538. The van der Waals surface area contributed by atoms with Gasteiger partial charge in [-0.3, -0.25) is 0 Å². The van der Waals surface area contributed by atoms with E-state index in [9.17, 15) is 5.11 Å². The van der Waals surface area contributed by atoms with Gasteiger partial charge >= 0.3 is 0 Å². The van der Waals surface area contributed by atoms with Crippen molar-refractivity contribution in [3.8, 4) is 5.75 Å². The fourth-order valence-corrected chi connectivity index (χ4v) is 1.02. The highest BCUT2D eigenvalue weighted by molar-refractivity contribution is 5.50. The molecule has 0 aliphatic rings. The molecule has 88 valence electrons. The molecule has 2 heteroatoms. The summed E-state index contributed by atoms with van der Waals surface area (Å²) in [6, 6.07) is 5.51. The molecule has 0 fully saturated rings. The van der Waals surface area contributed by atoms with Crippen molar-refractivity contribution in [2.75, 3.05) is 12.4 Å². The Morgan fingerprint density at radius 1 is 1.07 bits per heavy atom. The van der Waals surface area contributed by atoms with Crippen LogP contribution in [-0.2, 0) is 6.42 Å². The number of nitrogens with one attached hydrogen (secondary N) is 1. The Hall–Kier alpha value is -1.18. The second kappa shape index (κ2) is 10.9. The van der Waals surface area contributed by atoms with E-state index in [0.717, 1.165) is 17.7 Å². The summed E-state index contributed by atoms with van der Waals surface area (Å²) < 4.78 is 0. The van der Waals surface area contributed by atoms with Gasteiger partial charge in [-0.25, -0.2) is 0 Å². The zero-order valence-electron chi connectivity index (χ0n) is 10.9. The molecule has 0 radical (unpaired) electrons. The Morgan fingerprint density at radius 2 is 1.60 bits per heavy atom. The van der Waals surface area contributed by atoms with Crippen molar-refractivity contribution in [1.82, 2.24) is 0 Å². The molecule has 0 heterocycles. The number of phenolic OH excluding ortho intramolecular Hbond substituents is 1. The Morgan fingerprint density at radius 3 is 2.00 bits per heavy atom. The van der Waals surface area contributed by atoms with Crippen LogP contribution >= 0.6 is 0 Å². The first-order chi connectivity index (χ1) is 7.26. The zero-order valence-corrected chi connectivity index (χ0v) is 10.9. The number of anilines is 1. The van der Waals surface area contributed by atoms with Crippen molar-refractivity contribution in [1.29, 1.82) is 0 Å². The van der Waals surface area contributed by atoms with Crippen LogP contribution in [0.5, 0.6) is 5.75 Å². The summed E-state index contributed by atoms with van der Waals surface area (Å²) >= 11 is 0. The molecule has 0 spiro atoms. The van der Waals surface area contributed by atoms with Crippen LogP contribution in [-0.4, -0.2) is 12.2 Å². The summed E-state index contributed by atoms with van der Waals surface area (Å²) in [7, 11) is 1.84. The van der Waals surface area contributed by atoms with Crippen LogP contribution in [0.25, 0.3) is 0 Å². The fourth-order valence-electron chi connectivity index (χ4n) is 1.02. The van der Waals surface area contributed by atoms with E-state index in [1.807, 2.05) is 40.8 Å². The highest BCUT2D eigenvalue weighted by Gasteiger charge is 1.95. The molecule has 1 aromatic rings. The molecule has 0 aliphatic carbocycles. The molecular formula is C13H25NO. The second-order valence-electron chi connectivity index (χ2n) is 2.49. The van der Waals surface area contributed by atoms with Crippen molar-refractivity contribution in [2.24, 2.45) is 0 Å². The van der Waals surface area contributed by atoms with Gasteiger partial charge in [-0.1, -0.05) is 34.6 Å². The van der Waals surface area contributed by atoms with Crippen LogP contribution in [0.1, 0.15) is 40.2 Å². The van der Waals surface area contributed by atoms with Crippen LogP contribution in [0.2, 0.25) is 0 Å². The van der Waals surface area contributed by atoms with Crippen molar-refractivity contribution in [3.63, 3.8) is 0 Å². The standard InChI is InChI=1S/C9H13NO.2C2H6/c1-3-7-4-8(10-2)6-9(11)5-7;2*1-2/h4-6,10-11H,3H2,1-2H3;2*1-2H3. The SMILES string of the molecule is CC.CC.CCc1cc(O)cc(NC)c1. The quantitative estimate of drug-likeness (QED) is 0.773. The lowest BCUT2D eigenvalue weighted by atomic mass is 10.1. The second-order valence-corrected chi connectivity index (χ2v) is 2.49. The van der Waals surface area contributed by atoms with Gasteiger partial charge in [-0.15, -0.1) is 0 Å². The maximum atomic E-state index is 9.22. The molecule has 0 aromatic heterocycles. The monoisotopic (exact) mass is 211 g/mol. The predicted molar refractivity (Wildman–Crippen MR) is 69.7 cm³/mol. The van der Waals surface area contributed by atoms with Gasteiger partial charge in [0.05, 0.1) is 0 Å². The van der Waals surface area contributed by atoms with E-state index in [0.29, 0.717) is 5.75 Å². The van der Waals surface area contributed by atoms with Gasteiger partial charge in [0.1, 0.15) is 5.75 Å². The number of hydrogen-bond acceptors (Lipinski definition) is 2. The van der Waals surface area contributed by atoms with Crippen molar-refractivity contribution in [2.45, 2.75) is 41.0 Å². The molecule has 0 atom stereocenters. The van der Waals surface area contributed by atoms with Gasteiger partial charge in [0.15, 0.2) is 0 Å². The van der Waals surface area contributed by atoms with Gasteiger partial charge in [-0.2, -0.15) is 0 Å². The van der Waals surface area contributed by atoms with Gasteiger partial charge < -0.3 is 10.4 Å². The number of benzene rings is 1. The Bertz CT molecular complexity index is 224. The number of aryl methyl sites for hydroxylation is 1. The molecule has 15 heavy (non-hydrogen) atoms. The molecule has 1 rings (SSSR count). The van der Waals surface area contributed by atoms with Crippen LogP contribution in [0.3, 0.4) is 0 Å². The third-order valence-electron chi connectivity index (χ3n) is 1.67. The number of rotatable bonds is 2. The Labute approximate surface area is 94.3 Å². The zero-order chi connectivity index (χ0) is 12.3. The molecule has 1 aromatic carbocycles. The first kappa shape index (κ1) is 16.3. The average molecular weight is 211 g/mol. The van der Waals surface area contributed by atoms with Crippen molar-refractivity contribution >= 4 is 5.69 Å². The third kappa shape index (κ3) is 6.83. The average Bonchev–Trinajstić information content (AvgIpc) is 2.33. The minimum Gasteiger partial charge on any atom is -0.508 e. The van der Waals surface area contributed by atoms with E-state index in [2.05, 4.69) is 12.2 Å². The third-order valence-corrected chi connectivity index (χ3v) is 1.67. The molecule has 2 N–H and O–H groups in total. The molecule has 0 saturated carbocycles. The Balaban J connectivity index is 0. The van der Waals surface area contributed by atoms with E-state index in [-0.39, 0.29) is 0 Å². The molecule has 0 amide bonds. The van der Waals surface area contributed by atoms with Crippen LogP contribution in [0, 0.1) is 0 Å². The summed E-state index contributed by atoms with van der Waals surface area (Å²) in [5.74, 6) is 0.328. The lowest BCUT2D eigenvalue weighted by Crippen LogP contribution is -1.89. The number of phenols is 1. The van der Waals surface area contributed by atoms with E-state index in [4.69, 9.17) is 0 Å². The lowest BCUT2D eigenvalue weighted by molar-refractivity contribution is 0.475. The molecule has 0 unspecified atom stereocenters. The summed E-state index contributed by atoms with van der Waals surface area (Å²) in [6.45, 7) is 10.1. The molecular weight excluding hydrogens is 186 g/mol. The van der Waals surface area contributed by atoms with Gasteiger partial charge in [0.25, 0.3) is 0 Å². The molecule has 0 saturated heterocycles. The smallest absolute Gasteiger partial charge is 0.117 e. The minimum atomic E-state index is 0.328. The normalized spacial score (nSPS) is 7.87. The van der Waals surface area contributed by atoms with Crippen molar-refractivity contribution < 1.29 is 5.11 Å². The number of hydrogen-bond donors (Lipinski definition) is 2. The van der Waals surface area contributed by atoms with E-state index in [1.54, 1.807) is 12.1 Å². The summed E-state index contributed by atoms with van der Waals surface area (Å²) in [5, 5.41) is 12.2. The lowest BCUT2D eigenvalue weighted by Gasteiger charge is -2.03. The molecule has 0 aliphatic heterocycles. The van der Waals surface area contributed by atoms with Crippen LogP contribution in [0.4, 0.5) is 5.69 Å². The molecule has 2 nitrogen and oxygen atoms in total. The largest absolute Gasteiger partial charge is 0.508 e. The maximum Gasteiger partial charge on any atom is 0.117 e. The van der Waals surface area contributed by atoms with Crippen LogP contribution < -0.4 is 5.32 Å². The van der Waals surface area contributed by atoms with E-state index < -0.39 is 0 Å². The van der Waals surface area contributed by atoms with E-state index >= 15 is 0 Å². The summed E-state index contributed by atoms with van der Waals surface area (Å²) in [6.07, 6.45) is 0.948. The van der Waals surface area contributed by atoms with Gasteiger partial charge in [0.2, 0.25) is 0 Å². The van der Waals surface area contributed by atoms with Crippen LogP contribution in [0.15, 0.2) is 18.2 Å². The summed E-state index contributed by atoms with van der Waals surface area (Å²) in [4.78, 5) is 0. The van der Waals surface area contributed by atoms with E-state index in [1.165, 1.54) is 0 Å². The van der Waals surface area contributed by atoms with Crippen molar-refractivity contribution in [3.05, 3.63) is 23.8 Å². The topological polar surface area (TPSA) is 32.3 Å². The maximum absolute atomic E-state index is 9.22. The first-order valence-electron chi connectivity index (χ1n) is 5.77. The highest BCUT2D eigenvalue weighted by Crippen LogP contribution is 2.19. The first-order valence-corrected chi connectivity index (χ1v) is 5.77. The van der Waals surface area contributed by atoms with Gasteiger partial charge in [-0.05, 0) is 24.1 Å². The summed E-state index contributed by atoms with van der Waals surface area (Å²) in [5.41, 5.74) is 2.11. The highest BCUT2D eigenvalue weighted by atomic mass is 16.3. The predicted octanol–water partition coefficient (Wildman–Crippen LogP) is 4.05. The minimum absolute atomic E-state index is 0.328. The number of aromatic hydroxyl groups is 1. The Kier molecular flexibility index (Phi) is 11.8. The molecule has 0 bridgehead atoms. The van der Waals surface area contributed by atoms with Gasteiger partial charge in [0, 0.05) is 18.8 Å².